The molecule has 1 fully saturated rings. The molecule has 3 heterocycles. The predicted octanol–water partition coefficient (Wildman–Crippen LogP) is 1.81. The minimum absolute atomic E-state index is 0.00834. The Labute approximate surface area is 133 Å². The summed E-state index contributed by atoms with van der Waals surface area (Å²) in [5.41, 5.74) is 1.36. The van der Waals surface area contributed by atoms with Crippen molar-refractivity contribution >= 4 is 17.5 Å². The van der Waals surface area contributed by atoms with Crippen LogP contribution in [0, 0.1) is 5.92 Å². The molecule has 0 saturated carbocycles. The molecule has 0 aromatic carbocycles. The number of hydrogen-bond donors (Lipinski definition) is 1. The van der Waals surface area contributed by atoms with Crippen LogP contribution in [0.2, 0.25) is 5.02 Å². The zero-order valence-electron chi connectivity index (χ0n) is 11.9. The van der Waals surface area contributed by atoms with Gasteiger partial charge in [0.2, 0.25) is 0 Å². The van der Waals surface area contributed by atoms with Gasteiger partial charge in [0.25, 0.3) is 5.91 Å². The molecule has 6 heteroatoms. The topological polar surface area (TPSA) is 66.3 Å². The number of rotatable bonds is 3. The van der Waals surface area contributed by atoms with Crippen molar-refractivity contribution in [2.45, 2.75) is 12.5 Å². The van der Waals surface area contributed by atoms with Gasteiger partial charge in [0.05, 0.1) is 16.7 Å². The third-order valence-electron chi connectivity index (χ3n) is 3.84. The van der Waals surface area contributed by atoms with E-state index in [1.807, 2.05) is 18.2 Å². The molecule has 0 bridgehead atoms. The lowest BCUT2D eigenvalue weighted by Crippen LogP contribution is -2.29. The number of aliphatic hydroxyl groups excluding tert-OH is 1. The van der Waals surface area contributed by atoms with E-state index in [1.165, 1.54) is 12.4 Å². The van der Waals surface area contributed by atoms with E-state index in [0.29, 0.717) is 30.1 Å². The summed E-state index contributed by atoms with van der Waals surface area (Å²) in [4.78, 5) is 22.3. The average Bonchev–Trinajstić information content (AvgIpc) is 2.88. The predicted molar refractivity (Wildman–Crippen MR) is 82.6 cm³/mol. The van der Waals surface area contributed by atoms with Gasteiger partial charge in [-0.25, -0.2) is 0 Å². The van der Waals surface area contributed by atoms with Gasteiger partial charge in [-0.15, -0.1) is 0 Å². The maximum Gasteiger partial charge on any atom is 0.255 e. The molecule has 2 aromatic rings. The van der Waals surface area contributed by atoms with Crippen LogP contribution in [0.25, 0.3) is 0 Å². The molecule has 2 atom stereocenters. The second-order valence-corrected chi connectivity index (χ2v) is 5.89. The van der Waals surface area contributed by atoms with Gasteiger partial charge in [0.1, 0.15) is 0 Å². The largest absolute Gasteiger partial charge is 0.391 e. The highest BCUT2D eigenvalue weighted by atomic mass is 35.5. The van der Waals surface area contributed by atoms with Crippen molar-refractivity contribution in [3.8, 4) is 0 Å². The standard InChI is InChI=1S/C16H16ClN3O2/c17-13-5-11(7-18-8-13)16(22)20-9-12(15(21)10-20)6-14-3-1-2-4-19-14/h1-5,7-8,12,15,21H,6,9-10H2/t12-,15-/m1/s1. The Morgan fingerprint density at radius 3 is 2.95 bits per heavy atom. The zero-order chi connectivity index (χ0) is 15.5. The summed E-state index contributed by atoms with van der Waals surface area (Å²) in [7, 11) is 0. The van der Waals surface area contributed by atoms with Gasteiger partial charge in [-0.1, -0.05) is 17.7 Å². The number of likely N-dealkylation sites (tertiary alicyclic amines) is 1. The van der Waals surface area contributed by atoms with Crippen LogP contribution < -0.4 is 0 Å². The summed E-state index contributed by atoms with van der Waals surface area (Å²) < 4.78 is 0. The van der Waals surface area contributed by atoms with E-state index in [2.05, 4.69) is 9.97 Å². The monoisotopic (exact) mass is 317 g/mol. The molecular weight excluding hydrogens is 302 g/mol. The molecule has 1 saturated heterocycles. The Balaban J connectivity index is 1.69. The number of nitrogens with zero attached hydrogens (tertiary/aromatic N) is 3. The van der Waals surface area contributed by atoms with Crippen LogP contribution in [-0.4, -0.2) is 45.1 Å². The van der Waals surface area contributed by atoms with Gasteiger partial charge in [-0.05, 0) is 24.6 Å². The third-order valence-corrected chi connectivity index (χ3v) is 4.05. The van der Waals surface area contributed by atoms with Gasteiger partial charge in [-0.3, -0.25) is 14.8 Å². The smallest absolute Gasteiger partial charge is 0.255 e. The molecule has 0 radical (unpaired) electrons. The highest BCUT2D eigenvalue weighted by molar-refractivity contribution is 6.30. The summed E-state index contributed by atoms with van der Waals surface area (Å²) in [5, 5.41) is 10.6. The lowest BCUT2D eigenvalue weighted by atomic mass is 10.00. The second-order valence-electron chi connectivity index (χ2n) is 5.45. The van der Waals surface area contributed by atoms with E-state index < -0.39 is 6.10 Å². The van der Waals surface area contributed by atoms with Gasteiger partial charge >= 0.3 is 0 Å². The molecule has 5 nitrogen and oxygen atoms in total. The molecule has 1 N–H and O–H groups in total. The lowest BCUT2D eigenvalue weighted by molar-refractivity contribution is 0.0764. The van der Waals surface area contributed by atoms with Crippen LogP contribution in [0.1, 0.15) is 16.1 Å². The SMILES string of the molecule is O=C(c1cncc(Cl)c1)N1C[C@@H](Cc2ccccn2)[C@H](O)C1. The molecule has 1 aliphatic heterocycles. The van der Waals surface area contributed by atoms with Gasteiger partial charge in [-0.2, -0.15) is 0 Å². The molecule has 0 spiro atoms. The Kier molecular flexibility index (Phi) is 4.36. The van der Waals surface area contributed by atoms with Gasteiger partial charge < -0.3 is 10.0 Å². The summed E-state index contributed by atoms with van der Waals surface area (Å²) >= 11 is 5.87. The summed E-state index contributed by atoms with van der Waals surface area (Å²) in [6.45, 7) is 0.825. The second kappa shape index (κ2) is 6.42. The highest BCUT2D eigenvalue weighted by Gasteiger charge is 2.34. The Morgan fingerprint density at radius 2 is 2.23 bits per heavy atom. The van der Waals surface area contributed by atoms with Crippen molar-refractivity contribution in [1.29, 1.82) is 0 Å². The Morgan fingerprint density at radius 1 is 1.36 bits per heavy atom. The van der Waals surface area contributed by atoms with Crippen molar-refractivity contribution in [3.05, 3.63) is 59.1 Å². The van der Waals surface area contributed by atoms with E-state index in [0.717, 1.165) is 5.69 Å². The minimum atomic E-state index is -0.543. The Hall–Kier alpha value is -1.98. The fourth-order valence-electron chi connectivity index (χ4n) is 2.72. The van der Waals surface area contributed by atoms with Crippen molar-refractivity contribution in [2.24, 2.45) is 5.92 Å². The van der Waals surface area contributed by atoms with E-state index in [-0.39, 0.29) is 11.8 Å². The van der Waals surface area contributed by atoms with Crippen molar-refractivity contribution in [1.82, 2.24) is 14.9 Å². The normalized spacial score (nSPS) is 21.1. The van der Waals surface area contributed by atoms with Crippen molar-refractivity contribution < 1.29 is 9.90 Å². The first-order valence-corrected chi connectivity index (χ1v) is 7.49. The van der Waals surface area contributed by atoms with Crippen molar-refractivity contribution in [3.63, 3.8) is 0 Å². The maximum absolute atomic E-state index is 12.4. The third kappa shape index (κ3) is 3.26. The molecule has 1 amide bonds. The number of carbonyl (C=O) groups excluding carboxylic acids is 1. The van der Waals surface area contributed by atoms with E-state index >= 15 is 0 Å². The van der Waals surface area contributed by atoms with Crippen LogP contribution in [-0.2, 0) is 6.42 Å². The molecule has 0 aliphatic carbocycles. The summed E-state index contributed by atoms with van der Waals surface area (Å²) in [6, 6.07) is 7.30. The number of hydrogen-bond acceptors (Lipinski definition) is 4. The number of pyridine rings is 2. The quantitative estimate of drug-likeness (QED) is 0.937. The molecule has 114 valence electrons. The summed E-state index contributed by atoms with van der Waals surface area (Å²) in [5.74, 6) is -0.163. The van der Waals surface area contributed by atoms with E-state index in [1.54, 1.807) is 17.2 Å². The van der Waals surface area contributed by atoms with E-state index in [9.17, 15) is 9.90 Å². The maximum atomic E-state index is 12.4. The highest BCUT2D eigenvalue weighted by Crippen LogP contribution is 2.23. The number of aromatic nitrogens is 2. The number of aliphatic hydroxyl groups is 1. The van der Waals surface area contributed by atoms with Crippen LogP contribution in [0.15, 0.2) is 42.9 Å². The lowest BCUT2D eigenvalue weighted by Gasteiger charge is -2.16. The first-order valence-electron chi connectivity index (χ1n) is 7.11. The summed E-state index contributed by atoms with van der Waals surface area (Å²) in [6.07, 6.45) is 4.82. The van der Waals surface area contributed by atoms with Crippen LogP contribution >= 0.6 is 11.6 Å². The van der Waals surface area contributed by atoms with Gasteiger partial charge in [0, 0.05) is 43.3 Å². The fourth-order valence-corrected chi connectivity index (χ4v) is 2.89. The Bertz CT molecular complexity index is 665. The first kappa shape index (κ1) is 14.9. The van der Waals surface area contributed by atoms with Crippen LogP contribution in [0.4, 0.5) is 0 Å². The van der Waals surface area contributed by atoms with Crippen molar-refractivity contribution in [2.75, 3.05) is 13.1 Å². The molecule has 1 aliphatic rings. The first-order chi connectivity index (χ1) is 10.6. The zero-order valence-corrected chi connectivity index (χ0v) is 12.6. The number of carbonyl (C=O) groups is 1. The molecule has 0 unspecified atom stereocenters. The van der Waals surface area contributed by atoms with Crippen LogP contribution in [0.3, 0.4) is 0 Å². The number of halogens is 1. The number of β-amino-alcohol motifs (C(OH)–C–C–N with tert-alkyl or cyclic N) is 1. The van der Waals surface area contributed by atoms with Crippen LogP contribution in [0.5, 0.6) is 0 Å². The van der Waals surface area contributed by atoms with E-state index in [4.69, 9.17) is 11.6 Å². The average molecular weight is 318 g/mol. The molecule has 22 heavy (non-hydrogen) atoms. The van der Waals surface area contributed by atoms with Gasteiger partial charge in [0.15, 0.2) is 0 Å². The fraction of sp³-hybridized carbons (Fsp3) is 0.312. The number of amides is 1. The molecular formula is C16H16ClN3O2. The minimum Gasteiger partial charge on any atom is -0.391 e. The molecule has 2 aromatic heterocycles. The molecule has 3 rings (SSSR count).